The Morgan fingerprint density at radius 1 is 1.31 bits per heavy atom. The summed E-state index contributed by atoms with van der Waals surface area (Å²) < 4.78 is 33.2. The number of methoxy groups -OCH3 is 1. The van der Waals surface area contributed by atoms with E-state index in [1.807, 2.05) is 13.8 Å². The number of amides is 2. The van der Waals surface area contributed by atoms with Gasteiger partial charge < -0.3 is 15.4 Å². The van der Waals surface area contributed by atoms with Crippen LogP contribution in [0.25, 0.3) is 0 Å². The number of ether oxygens (including phenoxy) is 1. The molecule has 29 heavy (non-hydrogen) atoms. The molecular weight excluding hydrogens is 394 g/mol. The van der Waals surface area contributed by atoms with Crippen LogP contribution in [0.5, 0.6) is 5.75 Å². The van der Waals surface area contributed by atoms with Crippen LogP contribution in [-0.2, 0) is 14.8 Å². The molecule has 162 valence electrons. The van der Waals surface area contributed by atoms with Crippen LogP contribution in [-0.4, -0.2) is 56.8 Å². The Labute approximate surface area is 173 Å². The second-order valence-corrected chi connectivity index (χ2v) is 9.17. The molecule has 0 aromatic heterocycles. The van der Waals surface area contributed by atoms with Crippen LogP contribution in [0.1, 0.15) is 56.8 Å². The summed E-state index contributed by atoms with van der Waals surface area (Å²) in [5.41, 5.74) is 0.157. The third-order valence-corrected chi connectivity index (χ3v) is 7.08. The molecule has 0 aliphatic carbocycles. The van der Waals surface area contributed by atoms with E-state index >= 15 is 0 Å². The van der Waals surface area contributed by atoms with Gasteiger partial charge in [-0.05, 0) is 51.3 Å². The van der Waals surface area contributed by atoms with E-state index in [0.29, 0.717) is 13.1 Å². The summed E-state index contributed by atoms with van der Waals surface area (Å²) in [6, 6.07) is 3.43. The highest BCUT2D eigenvalue weighted by Gasteiger charge is 2.33. The van der Waals surface area contributed by atoms with Gasteiger partial charge in [0.05, 0.1) is 7.11 Å². The van der Waals surface area contributed by atoms with Crippen LogP contribution in [0.4, 0.5) is 0 Å². The molecule has 1 aliphatic rings. The number of nitrogens with zero attached hydrogens (tertiary/aromatic N) is 1. The zero-order valence-corrected chi connectivity index (χ0v) is 18.3. The Hall–Kier alpha value is -2.13. The van der Waals surface area contributed by atoms with Crippen molar-refractivity contribution in [3.05, 3.63) is 23.8 Å². The fraction of sp³-hybridized carbons (Fsp3) is 0.600. The number of piperidine rings is 1. The summed E-state index contributed by atoms with van der Waals surface area (Å²) >= 11 is 0. The summed E-state index contributed by atoms with van der Waals surface area (Å²) in [7, 11) is -2.42. The van der Waals surface area contributed by atoms with Crippen LogP contribution < -0.4 is 15.4 Å². The van der Waals surface area contributed by atoms with Crippen LogP contribution in [0.3, 0.4) is 0 Å². The molecule has 1 heterocycles. The monoisotopic (exact) mass is 425 g/mol. The molecule has 0 saturated carbocycles. The molecule has 1 aliphatic heterocycles. The van der Waals surface area contributed by atoms with Crippen molar-refractivity contribution in [2.24, 2.45) is 0 Å². The lowest BCUT2D eigenvalue weighted by molar-refractivity contribution is -0.122. The van der Waals surface area contributed by atoms with Crippen molar-refractivity contribution in [2.45, 2.75) is 63.4 Å². The van der Waals surface area contributed by atoms with Gasteiger partial charge in [-0.25, -0.2) is 8.42 Å². The largest absolute Gasteiger partial charge is 0.495 e. The maximum atomic E-state index is 13.3. The first-order chi connectivity index (χ1) is 13.7. The Balaban J connectivity index is 2.28. The summed E-state index contributed by atoms with van der Waals surface area (Å²) in [5.74, 6) is -0.619. The van der Waals surface area contributed by atoms with Gasteiger partial charge in [0.1, 0.15) is 16.7 Å². The zero-order valence-electron chi connectivity index (χ0n) is 17.5. The van der Waals surface area contributed by atoms with E-state index in [1.54, 1.807) is 6.92 Å². The summed E-state index contributed by atoms with van der Waals surface area (Å²) in [5, 5.41) is 5.32. The first-order valence-electron chi connectivity index (χ1n) is 10.0. The zero-order chi connectivity index (χ0) is 21.6. The second-order valence-electron chi connectivity index (χ2n) is 7.31. The van der Waals surface area contributed by atoms with Gasteiger partial charge in [-0.15, -0.1) is 0 Å². The van der Waals surface area contributed by atoms with Gasteiger partial charge in [0.2, 0.25) is 15.9 Å². The van der Waals surface area contributed by atoms with Crippen LogP contribution >= 0.6 is 0 Å². The molecule has 2 atom stereocenters. The molecule has 0 unspecified atom stereocenters. The van der Waals surface area contributed by atoms with E-state index in [9.17, 15) is 18.0 Å². The van der Waals surface area contributed by atoms with Crippen LogP contribution in [0.15, 0.2) is 23.1 Å². The third-order valence-electron chi connectivity index (χ3n) is 5.04. The normalized spacial score (nSPS) is 18.7. The van der Waals surface area contributed by atoms with Gasteiger partial charge >= 0.3 is 0 Å². The first kappa shape index (κ1) is 23.2. The second kappa shape index (κ2) is 10.1. The highest BCUT2D eigenvalue weighted by Crippen LogP contribution is 2.31. The minimum Gasteiger partial charge on any atom is -0.495 e. The summed E-state index contributed by atoms with van der Waals surface area (Å²) in [4.78, 5) is 24.6. The molecule has 1 aromatic rings. The van der Waals surface area contributed by atoms with Crippen LogP contribution in [0, 0.1) is 0 Å². The van der Waals surface area contributed by atoms with E-state index in [-0.39, 0.29) is 28.2 Å². The number of hydrogen-bond acceptors (Lipinski definition) is 5. The van der Waals surface area contributed by atoms with Gasteiger partial charge in [-0.1, -0.05) is 13.3 Å². The molecule has 0 spiro atoms. The molecule has 1 fully saturated rings. The fourth-order valence-electron chi connectivity index (χ4n) is 3.32. The predicted octanol–water partition coefficient (Wildman–Crippen LogP) is 1.90. The molecule has 0 radical (unpaired) electrons. The predicted molar refractivity (Wildman–Crippen MR) is 110 cm³/mol. The first-order valence-corrected chi connectivity index (χ1v) is 11.4. The smallest absolute Gasteiger partial charge is 0.251 e. The van der Waals surface area contributed by atoms with Crippen LogP contribution in [0.2, 0.25) is 0 Å². The number of carbonyl (C=O) groups is 2. The van der Waals surface area contributed by atoms with Gasteiger partial charge in [0, 0.05) is 24.7 Å². The topological polar surface area (TPSA) is 105 Å². The highest BCUT2D eigenvalue weighted by atomic mass is 32.2. The van der Waals surface area contributed by atoms with Gasteiger partial charge in [0.15, 0.2) is 0 Å². The number of nitrogens with one attached hydrogen (secondary N) is 2. The van der Waals surface area contributed by atoms with E-state index < -0.39 is 22.0 Å². The highest BCUT2D eigenvalue weighted by molar-refractivity contribution is 7.89. The number of benzene rings is 1. The van der Waals surface area contributed by atoms with Gasteiger partial charge in [0.25, 0.3) is 5.91 Å². The van der Waals surface area contributed by atoms with Crippen molar-refractivity contribution in [1.29, 1.82) is 0 Å². The van der Waals surface area contributed by atoms with Crippen molar-refractivity contribution < 1.29 is 22.7 Å². The number of carbonyl (C=O) groups excluding carboxylic acids is 2. The Kier molecular flexibility index (Phi) is 8.04. The maximum absolute atomic E-state index is 13.3. The lowest BCUT2D eigenvalue weighted by Gasteiger charge is -2.32. The average Bonchev–Trinajstić information content (AvgIpc) is 2.71. The lowest BCUT2D eigenvalue weighted by atomic mass is 10.1. The molecule has 0 bridgehead atoms. The molecule has 1 saturated heterocycles. The van der Waals surface area contributed by atoms with E-state index in [2.05, 4.69) is 10.6 Å². The molecule has 2 N–H and O–H groups in total. The minimum atomic E-state index is -3.82. The summed E-state index contributed by atoms with van der Waals surface area (Å²) in [6.45, 7) is 6.37. The van der Waals surface area contributed by atoms with Crippen molar-refractivity contribution in [1.82, 2.24) is 14.9 Å². The fourth-order valence-corrected chi connectivity index (χ4v) is 5.20. The van der Waals surface area contributed by atoms with Crippen molar-refractivity contribution in [3.8, 4) is 5.75 Å². The standard InChI is InChI=1S/C20H31N3O5S/c1-5-11-21-19(24)15(3)22-20(25)16-9-10-17(28-4)18(13-16)29(26,27)23-12-7-6-8-14(23)2/h9-10,13-15H,5-8,11-12H2,1-4H3,(H,21,24)(H,22,25)/t14-,15-/m0/s1. The molecule has 9 heteroatoms. The number of rotatable bonds is 8. The minimum absolute atomic E-state index is 0.0375. The maximum Gasteiger partial charge on any atom is 0.251 e. The lowest BCUT2D eigenvalue weighted by Crippen LogP contribution is -2.45. The summed E-state index contributed by atoms with van der Waals surface area (Å²) in [6.07, 6.45) is 3.38. The quantitative estimate of drug-likeness (QED) is 0.662. The van der Waals surface area contributed by atoms with E-state index in [1.165, 1.54) is 29.6 Å². The average molecular weight is 426 g/mol. The van der Waals surface area contributed by atoms with E-state index in [0.717, 1.165) is 25.7 Å². The molecule has 1 aromatic carbocycles. The van der Waals surface area contributed by atoms with Gasteiger partial charge in [-0.2, -0.15) is 4.31 Å². The molecule has 2 rings (SSSR count). The third kappa shape index (κ3) is 5.48. The number of hydrogen-bond donors (Lipinski definition) is 2. The Bertz CT molecular complexity index is 841. The molecular formula is C20H31N3O5S. The van der Waals surface area contributed by atoms with Gasteiger partial charge in [-0.3, -0.25) is 9.59 Å². The molecule has 2 amide bonds. The van der Waals surface area contributed by atoms with E-state index in [4.69, 9.17) is 4.74 Å². The SMILES string of the molecule is CCCNC(=O)[C@H](C)NC(=O)c1ccc(OC)c(S(=O)(=O)N2CCCC[C@@H]2C)c1. The Morgan fingerprint density at radius 3 is 2.66 bits per heavy atom. The number of sulfonamides is 1. The van der Waals surface area contributed by atoms with Crippen molar-refractivity contribution in [2.75, 3.05) is 20.2 Å². The van der Waals surface area contributed by atoms with Crippen molar-refractivity contribution >= 4 is 21.8 Å². The van der Waals surface area contributed by atoms with Crippen molar-refractivity contribution in [3.63, 3.8) is 0 Å². The molecule has 8 nitrogen and oxygen atoms in total. The Morgan fingerprint density at radius 2 is 2.03 bits per heavy atom.